The minimum Gasteiger partial charge on any atom is -0.466 e. The number of esters is 1. The normalized spacial score (nSPS) is 12.7. The van der Waals surface area contributed by atoms with Crippen molar-refractivity contribution in [2.24, 2.45) is 0 Å². The molecule has 0 saturated heterocycles. The van der Waals surface area contributed by atoms with Crippen LogP contribution in [0.4, 0.5) is 4.79 Å². The van der Waals surface area contributed by atoms with Crippen molar-refractivity contribution in [2.75, 3.05) is 31.7 Å². The molecule has 2 atom stereocenters. The molecular weight excluding hydrogens is 518 g/mol. The van der Waals surface area contributed by atoms with Crippen LogP contribution in [0.1, 0.15) is 83.9 Å². The Kier molecular flexibility index (Phi) is 15.6. The van der Waals surface area contributed by atoms with Crippen LogP contribution in [0.25, 0.3) is 0 Å². The zero-order valence-electron chi connectivity index (χ0n) is 24.6. The molecule has 10 heteroatoms. The smallest absolute Gasteiger partial charge is 0.408 e. The highest BCUT2D eigenvalue weighted by Gasteiger charge is 2.36. The lowest BCUT2D eigenvalue weighted by Crippen LogP contribution is -2.53. The maximum Gasteiger partial charge on any atom is 0.408 e. The van der Waals surface area contributed by atoms with Gasteiger partial charge in [0.15, 0.2) is 0 Å². The molecule has 1 rings (SSSR count). The number of hydrogen-bond donors (Lipinski definition) is 2. The Hall–Kier alpha value is -2.75. The standard InChI is InChI=1S/C29H47N3O6S/c1-8-10-11-19-32(27(35)23(17-20-39-7)31-28(36)38-29(4,5)6)25(22-14-12-21(3)13-15-22)26(34)30-18-16-24(33)37-9-2/h12-15,23,25H,8-11,16-20H2,1-7H3,(H,30,34)(H,31,36). The Labute approximate surface area is 238 Å². The number of nitrogens with zero attached hydrogens (tertiary/aromatic N) is 1. The summed E-state index contributed by atoms with van der Waals surface area (Å²) in [5, 5.41) is 5.56. The second-order valence-corrected chi connectivity index (χ2v) is 11.4. The molecule has 0 spiro atoms. The van der Waals surface area contributed by atoms with E-state index in [0.29, 0.717) is 30.7 Å². The number of hydrogen-bond acceptors (Lipinski definition) is 7. The molecule has 2 N–H and O–H groups in total. The minimum atomic E-state index is -0.936. The van der Waals surface area contributed by atoms with Gasteiger partial charge in [-0.1, -0.05) is 49.6 Å². The highest BCUT2D eigenvalue weighted by atomic mass is 32.2. The predicted octanol–water partition coefficient (Wildman–Crippen LogP) is 4.77. The topological polar surface area (TPSA) is 114 Å². The van der Waals surface area contributed by atoms with Crippen molar-refractivity contribution in [3.8, 4) is 0 Å². The van der Waals surface area contributed by atoms with Gasteiger partial charge in [-0.25, -0.2) is 4.79 Å². The molecule has 0 aliphatic carbocycles. The van der Waals surface area contributed by atoms with Crippen molar-refractivity contribution in [3.05, 3.63) is 35.4 Å². The van der Waals surface area contributed by atoms with Gasteiger partial charge in [-0.15, -0.1) is 0 Å². The number of amides is 3. The Morgan fingerprint density at radius 1 is 1.05 bits per heavy atom. The van der Waals surface area contributed by atoms with E-state index in [2.05, 4.69) is 17.6 Å². The molecule has 0 fully saturated rings. The highest BCUT2D eigenvalue weighted by molar-refractivity contribution is 7.98. The zero-order valence-corrected chi connectivity index (χ0v) is 25.4. The van der Waals surface area contributed by atoms with Gasteiger partial charge in [-0.3, -0.25) is 14.4 Å². The summed E-state index contributed by atoms with van der Waals surface area (Å²) in [6.07, 6.45) is 4.18. The van der Waals surface area contributed by atoms with E-state index in [1.165, 1.54) is 0 Å². The summed E-state index contributed by atoms with van der Waals surface area (Å²) >= 11 is 1.57. The Morgan fingerprint density at radius 2 is 1.72 bits per heavy atom. The number of carbonyl (C=O) groups excluding carboxylic acids is 4. The SMILES string of the molecule is CCCCCN(C(=O)C(CCSC)NC(=O)OC(C)(C)C)C(C(=O)NCCC(=O)OCC)c1ccc(C)cc1. The van der Waals surface area contributed by atoms with E-state index in [1.807, 2.05) is 37.4 Å². The number of ether oxygens (including phenoxy) is 2. The number of carbonyl (C=O) groups is 4. The van der Waals surface area contributed by atoms with Gasteiger partial charge >= 0.3 is 12.1 Å². The summed E-state index contributed by atoms with van der Waals surface area (Å²) in [6.45, 7) is 11.7. The Balaban J connectivity index is 3.38. The monoisotopic (exact) mass is 565 g/mol. The third-order valence-corrected chi connectivity index (χ3v) is 6.42. The summed E-state index contributed by atoms with van der Waals surface area (Å²) in [6, 6.07) is 5.66. The van der Waals surface area contributed by atoms with Gasteiger partial charge in [-0.05, 0) is 65.0 Å². The quantitative estimate of drug-likeness (QED) is 0.219. The molecule has 0 radical (unpaired) electrons. The van der Waals surface area contributed by atoms with Crippen molar-refractivity contribution < 1.29 is 28.7 Å². The van der Waals surface area contributed by atoms with Crippen molar-refractivity contribution in [2.45, 2.75) is 91.3 Å². The van der Waals surface area contributed by atoms with Crippen LogP contribution in [0.2, 0.25) is 0 Å². The van der Waals surface area contributed by atoms with Crippen LogP contribution in [0.15, 0.2) is 24.3 Å². The van der Waals surface area contributed by atoms with Gasteiger partial charge in [0.25, 0.3) is 0 Å². The number of rotatable bonds is 16. The van der Waals surface area contributed by atoms with Gasteiger partial charge < -0.3 is 25.0 Å². The lowest BCUT2D eigenvalue weighted by atomic mass is 10.0. The first-order valence-corrected chi connectivity index (χ1v) is 15.1. The molecule has 1 aromatic rings. The summed E-state index contributed by atoms with van der Waals surface area (Å²) in [5.41, 5.74) is 0.954. The Bertz CT molecular complexity index is 917. The van der Waals surface area contributed by atoms with E-state index in [9.17, 15) is 19.2 Å². The Morgan fingerprint density at radius 3 is 2.28 bits per heavy atom. The van der Waals surface area contributed by atoms with Gasteiger partial charge in [0.05, 0.1) is 13.0 Å². The van der Waals surface area contributed by atoms with Crippen LogP contribution < -0.4 is 10.6 Å². The molecule has 0 heterocycles. The van der Waals surface area contributed by atoms with Gasteiger partial charge in [0.1, 0.15) is 17.7 Å². The fourth-order valence-electron chi connectivity index (χ4n) is 3.88. The second kappa shape index (κ2) is 17.8. The van der Waals surface area contributed by atoms with E-state index in [-0.39, 0.29) is 25.5 Å². The van der Waals surface area contributed by atoms with Gasteiger partial charge in [-0.2, -0.15) is 11.8 Å². The molecule has 2 unspecified atom stereocenters. The fourth-order valence-corrected chi connectivity index (χ4v) is 4.35. The molecule has 9 nitrogen and oxygen atoms in total. The summed E-state index contributed by atoms with van der Waals surface area (Å²) in [7, 11) is 0. The van der Waals surface area contributed by atoms with Crippen molar-refractivity contribution in [3.63, 3.8) is 0 Å². The lowest BCUT2D eigenvalue weighted by Gasteiger charge is -2.34. The van der Waals surface area contributed by atoms with Gasteiger partial charge in [0.2, 0.25) is 11.8 Å². The van der Waals surface area contributed by atoms with E-state index >= 15 is 0 Å². The highest BCUT2D eigenvalue weighted by Crippen LogP contribution is 2.25. The predicted molar refractivity (Wildman–Crippen MR) is 156 cm³/mol. The average molecular weight is 566 g/mol. The molecule has 39 heavy (non-hydrogen) atoms. The van der Waals surface area contributed by atoms with Crippen LogP contribution in [0.5, 0.6) is 0 Å². The first kappa shape index (κ1) is 34.3. The van der Waals surface area contributed by atoms with E-state index in [1.54, 1.807) is 44.4 Å². The second-order valence-electron chi connectivity index (χ2n) is 10.4. The molecule has 220 valence electrons. The number of unbranched alkanes of at least 4 members (excludes halogenated alkanes) is 2. The summed E-state index contributed by atoms with van der Waals surface area (Å²) in [5.74, 6) is -0.513. The maximum atomic E-state index is 14.1. The fraction of sp³-hybridized carbons (Fsp3) is 0.655. The molecule has 3 amide bonds. The molecule has 0 bridgehead atoms. The maximum absolute atomic E-state index is 14.1. The molecular formula is C29H47N3O6S. The minimum absolute atomic E-state index is 0.0283. The summed E-state index contributed by atoms with van der Waals surface area (Å²) < 4.78 is 10.4. The van der Waals surface area contributed by atoms with Crippen LogP contribution >= 0.6 is 11.8 Å². The number of benzene rings is 1. The van der Waals surface area contributed by atoms with Crippen LogP contribution in [-0.2, 0) is 23.9 Å². The summed E-state index contributed by atoms with van der Waals surface area (Å²) in [4.78, 5) is 53.7. The number of alkyl carbamates (subject to hydrolysis) is 1. The first-order valence-electron chi connectivity index (χ1n) is 13.7. The molecule has 0 aliphatic heterocycles. The number of nitrogens with one attached hydrogen (secondary N) is 2. The number of aryl methyl sites for hydroxylation is 1. The zero-order chi connectivity index (χ0) is 29.4. The molecule has 0 saturated carbocycles. The van der Waals surface area contributed by atoms with E-state index < -0.39 is 35.7 Å². The van der Waals surface area contributed by atoms with Crippen molar-refractivity contribution in [1.29, 1.82) is 0 Å². The third-order valence-electron chi connectivity index (χ3n) is 5.77. The average Bonchev–Trinajstić information content (AvgIpc) is 2.85. The number of thioether (sulfide) groups is 1. The molecule has 0 aromatic heterocycles. The third kappa shape index (κ3) is 13.2. The van der Waals surface area contributed by atoms with Crippen molar-refractivity contribution >= 4 is 35.6 Å². The van der Waals surface area contributed by atoms with E-state index in [4.69, 9.17) is 9.47 Å². The van der Waals surface area contributed by atoms with Crippen LogP contribution in [-0.4, -0.2) is 72.1 Å². The molecule has 1 aromatic carbocycles. The van der Waals surface area contributed by atoms with E-state index in [0.717, 1.165) is 18.4 Å². The molecule has 0 aliphatic rings. The van der Waals surface area contributed by atoms with Gasteiger partial charge in [0, 0.05) is 13.1 Å². The van der Waals surface area contributed by atoms with Crippen molar-refractivity contribution in [1.82, 2.24) is 15.5 Å². The largest absolute Gasteiger partial charge is 0.466 e. The van der Waals surface area contributed by atoms with Crippen LogP contribution in [0.3, 0.4) is 0 Å². The lowest BCUT2D eigenvalue weighted by molar-refractivity contribution is -0.144. The first-order chi connectivity index (χ1) is 18.4. The van der Waals surface area contributed by atoms with Crippen LogP contribution in [0, 0.1) is 6.92 Å².